The SMILES string of the molecule is CN(C)c1ccnc(OCc2cc3n(n2)CCN(c2ccc(F)cc2)C3=O)c1. The molecule has 144 valence electrons. The van der Waals surface area contributed by atoms with Gasteiger partial charge in [0.05, 0.1) is 6.54 Å². The topological polar surface area (TPSA) is 63.5 Å². The molecule has 1 aromatic carbocycles. The molecule has 3 heterocycles. The Hall–Kier alpha value is -3.42. The number of carbonyl (C=O) groups is 1. The van der Waals surface area contributed by atoms with Gasteiger partial charge in [-0.25, -0.2) is 9.37 Å². The summed E-state index contributed by atoms with van der Waals surface area (Å²) in [7, 11) is 3.89. The molecule has 0 saturated carbocycles. The van der Waals surface area contributed by atoms with Crippen molar-refractivity contribution in [2.24, 2.45) is 0 Å². The zero-order chi connectivity index (χ0) is 19.7. The summed E-state index contributed by atoms with van der Waals surface area (Å²) in [4.78, 5) is 20.6. The van der Waals surface area contributed by atoms with Crippen molar-refractivity contribution in [1.82, 2.24) is 14.8 Å². The van der Waals surface area contributed by atoms with Crippen LogP contribution in [0.1, 0.15) is 16.2 Å². The van der Waals surface area contributed by atoms with Gasteiger partial charge in [-0.2, -0.15) is 5.10 Å². The highest BCUT2D eigenvalue weighted by molar-refractivity contribution is 6.05. The lowest BCUT2D eigenvalue weighted by atomic mass is 10.2. The molecule has 0 atom stereocenters. The van der Waals surface area contributed by atoms with Gasteiger partial charge in [-0.3, -0.25) is 9.48 Å². The number of aromatic nitrogens is 3. The third-order valence-electron chi connectivity index (χ3n) is 4.57. The monoisotopic (exact) mass is 381 g/mol. The number of pyridine rings is 1. The largest absolute Gasteiger partial charge is 0.471 e. The molecular formula is C20H20FN5O2. The van der Waals surface area contributed by atoms with Gasteiger partial charge in [0.25, 0.3) is 5.91 Å². The van der Waals surface area contributed by atoms with Crippen LogP contribution in [0, 0.1) is 5.82 Å². The maximum Gasteiger partial charge on any atom is 0.276 e. The zero-order valence-electron chi connectivity index (χ0n) is 15.7. The molecule has 8 heteroatoms. The summed E-state index contributed by atoms with van der Waals surface area (Å²) < 4.78 is 20.6. The van der Waals surface area contributed by atoms with Crippen molar-refractivity contribution < 1.29 is 13.9 Å². The van der Waals surface area contributed by atoms with Crippen LogP contribution in [0.5, 0.6) is 5.88 Å². The van der Waals surface area contributed by atoms with E-state index in [1.807, 2.05) is 31.1 Å². The molecule has 1 aliphatic rings. The van der Waals surface area contributed by atoms with Gasteiger partial charge in [0.2, 0.25) is 5.88 Å². The lowest BCUT2D eigenvalue weighted by molar-refractivity contribution is 0.0962. The number of anilines is 2. The van der Waals surface area contributed by atoms with E-state index in [4.69, 9.17) is 4.74 Å². The molecular weight excluding hydrogens is 361 g/mol. The molecule has 0 aliphatic carbocycles. The molecule has 3 aromatic rings. The fraction of sp³-hybridized carbons (Fsp3) is 0.250. The van der Waals surface area contributed by atoms with Crippen molar-refractivity contribution in [3.8, 4) is 5.88 Å². The number of halogens is 1. The molecule has 0 N–H and O–H groups in total. The van der Waals surface area contributed by atoms with Crippen LogP contribution in [0.25, 0.3) is 0 Å². The van der Waals surface area contributed by atoms with Crippen LogP contribution in [-0.4, -0.2) is 41.3 Å². The predicted octanol–water partition coefficient (Wildman–Crippen LogP) is 2.72. The lowest BCUT2D eigenvalue weighted by Crippen LogP contribution is -2.40. The van der Waals surface area contributed by atoms with E-state index in [2.05, 4.69) is 10.1 Å². The van der Waals surface area contributed by atoms with Crippen LogP contribution < -0.4 is 14.5 Å². The van der Waals surface area contributed by atoms with Crippen molar-refractivity contribution >= 4 is 17.3 Å². The Labute approximate surface area is 162 Å². The van der Waals surface area contributed by atoms with Crippen LogP contribution >= 0.6 is 0 Å². The Morgan fingerprint density at radius 1 is 1.14 bits per heavy atom. The van der Waals surface area contributed by atoms with Gasteiger partial charge in [0, 0.05) is 44.3 Å². The van der Waals surface area contributed by atoms with Gasteiger partial charge in [0.15, 0.2) is 0 Å². The first kappa shape index (κ1) is 18.0. The quantitative estimate of drug-likeness (QED) is 0.680. The number of amides is 1. The summed E-state index contributed by atoms with van der Waals surface area (Å²) in [6, 6.07) is 11.4. The summed E-state index contributed by atoms with van der Waals surface area (Å²) in [5.74, 6) is 0.00501. The second-order valence-corrected chi connectivity index (χ2v) is 6.71. The molecule has 0 radical (unpaired) electrons. The van der Waals surface area contributed by atoms with E-state index in [0.29, 0.717) is 36.0 Å². The van der Waals surface area contributed by atoms with E-state index in [1.54, 1.807) is 34.0 Å². The first-order chi connectivity index (χ1) is 13.5. The molecule has 0 unspecified atom stereocenters. The Kier molecular flexibility index (Phi) is 4.68. The predicted molar refractivity (Wildman–Crippen MR) is 103 cm³/mol. The van der Waals surface area contributed by atoms with Gasteiger partial charge in [0.1, 0.15) is 23.8 Å². The maximum atomic E-state index is 13.1. The van der Waals surface area contributed by atoms with E-state index >= 15 is 0 Å². The van der Waals surface area contributed by atoms with Crippen molar-refractivity contribution in [1.29, 1.82) is 0 Å². The first-order valence-electron chi connectivity index (χ1n) is 8.91. The van der Waals surface area contributed by atoms with Crippen molar-refractivity contribution in [2.75, 3.05) is 30.4 Å². The van der Waals surface area contributed by atoms with Gasteiger partial charge >= 0.3 is 0 Å². The molecule has 0 bridgehead atoms. The highest BCUT2D eigenvalue weighted by Crippen LogP contribution is 2.23. The fourth-order valence-corrected chi connectivity index (χ4v) is 3.09. The number of hydrogen-bond acceptors (Lipinski definition) is 5. The van der Waals surface area contributed by atoms with E-state index in [1.165, 1.54) is 12.1 Å². The molecule has 4 rings (SSSR count). The zero-order valence-corrected chi connectivity index (χ0v) is 15.7. The van der Waals surface area contributed by atoms with Crippen LogP contribution in [-0.2, 0) is 13.2 Å². The normalized spacial score (nSPS) is 13.4. The van der Waals surface area contributed by atoms with Gasteiger partial charge in [-0.15, -0.1) is 0 Å². The number of nitrogens with zero attached hydrogens (tertiary/aromatic N) is 5. The standard InChI is InChI=1S/C20H20FN5O2/c1-24(2)17-7-8-22-19(12-17)28-13-15-11-18-20(27)25(9-10-26(18)23-15)16-5-3-14(21)4-6-16/h3-8,11-12H,9-10,13H2,1-2H3. The van der Waals surface area contributed by atoms with E-state index in [9.17, 15) is 9.18 Å². The summed E-state index contributed by atoms with van der Waals surface area (Å²) >= 11 is 0. The third kappa shape index (κ3) is 3.53. The average Bonchev–Trinajstić information content (AvgIpc) is 3.12. The average molecular weight is 381 g/mol. The Morgan fingerprint density at radius 3 is 2.68 bits per heavy atom. The van der Waals surface area contributed by atoms with Crippen molar-refractivity contribution in [3.05, 3.63) is 65.9 Å². The molecule has 2 aromatic heterocycles. The minimum Gasteiger partial charge on any atom is -0.471 e. The second-order valence-electron chi connectivity index (χ2n) is 6.71. The number of rotatable bonds is 5. The summed E-state index contributed by atoms with van der Waals surface area (Å²) in [6.07, 6.45) is 1.69. The number of carbonyl (C=O) groups excluding carboxylic acids is 1. The molecule has 0 spiro atoms. The Balaban J connectivity index is 1.48. The molecule has 7 nitrogen and oxygen atoms in total. The van der Waals surface area contributed by atoms with Gasteiger partial charge in [-0.05, 0) is 36.4 Å². The minimum atomic E-state index is -0.329. The summed E-state index contributed by atoms with van der Waals surface area (Å²) in [5.41, 5.74) is 2.80. The van der Waals surface area contributed by atoms with Crippen LogP contribution in [0.2, 0.25) is 0 Å². The molecule has 28 heavy (non-hydrogen) atoms. The Bertz CT molecular complexity index is 1000. The maximum absolute atomic E-state index is 13.1. The highest BCUT2D eigenvalue weighted by Gasteiger charge is 2.27. The van der Waals surface area contributed by atoms with Crippen LogP contribution in [0.15, 0.2) is 48.7 Å². The number of hydrogen-bond donors (Lipinski definition) is 0. The van der Waals surface area contributed by atoms with E-state index in [-0.39, 0.29) is 18.3 Å². The molecule has 0 fully saturated rings. The second kappa shape index (κ2) is 7.30. The number of benzene rings is 1. The summed E-state index contributed by atoms with van der Waals surface area (Å²) in [6.45, 7) is 1.26. The highest BCUT2D eigenvalue weighted by atomic mass is 19.1. The van der Waals surface area contributed by atoms with Crippen molar-refractivity contribution in [3.63, 3.8) is 0 Å². The van der Waals surface area contributed by atoms with Crippen molar-refractivity contribution in [2.45, 2.75) is 13.2 Å². The van der Waals surface area contributed by atoms with E-state index < -0.39 is 0 Å². The first-order valence-corrected chi connectivity index (χ1v) is 8.91. The van der Waals surface area contributed by atoms with Gasteiger partial charge < -0.3 is 14.5 Å². The number of fused-ring (bicyclic) bond motifs is 1. The van der Waals surface area contributed by atoms with E-state index in [0.717, 1.165) is 5.69 Å². The smallest absolute Gasteiger partial charge is 0.276 e. The Morgan fingerprint density at radius 2 is 1.93 bits per heavy atom. The molecule has 1 amide bonds. The van der Waals surface area contributed by atoms with Crippen LogP contribution in [0.3, 0.4) is 0 Å². The lowest BCUT2D eigenvalue weighted by Gasteiger charge is -2.27. The number of ether oxygens (including phenoxy) is 1. The minimum absolute atomic E-state index is 0.163. The van der Waals surface area contributed by atoms with Gasteiger partial charge in [-0.1, -0.05) is 0 Å². The molecule has 1 aliphatic heterocycles. The van der Waals surface area contributed by atoms with Crippen LogP contribution in [0.4, 0.5) is 15.8 Å². The molecule has 0 saturated heterocycles. The fourth-order valence-electron chi connectivity index (χ4n) is 3.09. The summed E-state index contributed by atoms with van der Waals surface area (Å²) in [5, 5.41) is 4.46. The third-order valence-corrected chi connectivity index (χ3v) is 4.57.